The highest BCUT2D eigenvalue weighted by atomic mass is 32.1. The molecule has 1 fully saturated rings. The first-order valence-electron chi connectivity index (χ1n) is 8.07. The van der Waals surface area contributed by atoms with Gasteiger partial charge in [0.05, 0.1) is 6.04 Å². The fourth-order valence-corrected chi connectivity index (χ4v) is 3.46. The van der Waals surface area contributed by atoms with E-state index in [4.69, 9.17) is 4.74 Å². The number of benzene rings is 1. The van der Waals surface area contributed by atoms with Crippen molar-refractivity contribution in [2.75, 3.05) is 6.61 Å². The van der Waals surface area contributed by atoms with Gasteiger partial charge in [-0.15, -0.1) is 11.3 Å². The first-order chi connectivity index (χ1) is 12.5. The molecule has 0 bridgehead atoms. The molecular weight excluding hydrogens is 359 g/mol. The summed E-state index contributed by atoms with van der Waals surface area (Å²) < 4.78 is 18.2. The fourth-order valence-electron chi connectivity index (χ4n) is 2.66. The van der Waals surface area contributed by atoms with Gasteiger partial charge in [0.15, 0.2) is 6.61 Å². The van der Waals surface area contributed by atoms with Crippen LogP contribution >= 0.6 is 11.3 Å². The summed E-state index contributed by atoms with van der Waals surface area (Å²) in [5, 5.41) is 7.16. The van der Waals surface area contributed by atoms with E-state index in [1.807, 2.05) is 17.5 Å². The van der Waals surface area contributed by atoms with Gasteiger partial charge in [-0.05, 0) is 35.6 Å². The molecule has 0 spiro atoms. The topological polar surface area (TPSA) is 84.5 Å². The van der Waals surface area contributed by atoms with Gasteiger partial charge in [0.2, 0.25) is 5.91 Å². The second-order valence-corrected chi connectivity index (χ2v) is 6.81. The van der Waals surface area contributed by atoms with Crippen LogP contribution in [0.5, 0.6) is 0 Å². The molecule has 0 aliphatic carbocycles. The number of carbonyl (C=O) groups excluding carboxylic acids is 3. The van der Waals surface area contributed by atoms with Crippen LogP contribution in [0.15, 0.2) is 41.8 Å². The number of ether oxygens (including phenoxy) is 1. The van der Waals surface area contributed by atoms with Gasteiger partial charge in [0, 0.05) is 11.3 Å². The van der Waals surface area contributed by atoms with Crippen molar-refractivity contribution >= 4 is 29.1 Å². The first kappa shape index (κ1) is 18.1. The number of carbonyl (C=O) groups is 3. The summed E-state index contributed by atoms with van der Waals surface area (Å²) >= 11 is 1.45. The molecule has 2 heterocycles. The Morgan fingerprint density at radius 1 is 1.31 bits per heavy atom. The average Bonchev–Trinajstić information content (AvgIpc) is 3.30. The number of nitrogens with one attached hydrogen (secondary N) is 2. The minimum atomic E-state index is -0.694. The lowest BCUT2D eigenvalue weighted by atomic mass is 10.1. The van der Waals surface area contributed by atoms with Crippen molar-refractivity contribution in [3.8, 4) is 0 Å². The van der Waals surface area contributed by atoms with E-state index >= 15 is 0 Å². The normalized spacial score (nSPS) is 17.4. The quantitative estimate of drug-likeness (QED) is 0.755. The van der Waals surface area contributed by atoms with Gasteiger partial charge in [-0.1, -0.05) is 18.2 Å². The molecule has 1 aliphatic rings. The van der Waals surface area contributed by atoms with Crippen LogP contribution < -0.4 is 10.6 Å². The van der Waals surface area contributed by atoms with Gasteiger partial charge in [0.1, 0.15) is 11.9 Å². The molecule has 1 aromatic carbocycles. The smallest absolute Gasteiger partial charge is 0.329 e. The summed E-state index contributed by atoms with van der Waals surface area (Å²) in [7, 11) is 0. The molecule has 8 heteroatoms. The van der Waals surface area contributed by atoms with Crippen LogP contribution in [0.2, 0.25) is 0 Å². The molecule has 0 radical (unpaired) electrons. The highest BCUT2D eigenvalue weighted by molar-refractivity contribution is 7.10. The van der Waals surface area contributed by atoms with E-state index in [0.29, 0.717) is 6.42 Å². The Labute approximate surface area is 153 Å². The second kappa shape index (κ2) is 8.09. The third kappa shape index (κ3) is 4.45. The van der Waals surface area contributed by atoms with E-state index in [9.17, 15) is 18.8 Å². The Morgan fingerprint density at radius 3 is 2.69 bits per heavy atom. The molecule has 2 N–H and O–H groups in total. The van der Waals surface area contributed by atoms with Crippen LogP contribution in [0.4, 0.5) is 4.39 Å². The number of rotatable bonds is 6. The monoisotopic (exact) mass is 376 g/mol. The van der Waals surface area contributed by atoms with Gasteiger partial charge >= 0.3 is 5.97 Å². The minimum Gasteiger partial charge on any atom is -0.454 e. The highest BCUT2D eigenvalue weighted by Gasteiger charge is 2.29. The summed E-state index contributed by atoms with van der Waals surface area (Å²) in [6.45, 7) is -0.450. The van der Waals surface area contributed by atoms with Gasteiger partial charge in [-0.3, -0.25) is 9.59 Å². The Kier molecular flexibility index (Phi) is 5.62. The molecule has 3 rings (SSSR count). The van der Waals surface area contributed by atoms with E-state index in [1.54, 1.807) is 12.1 Å². The molecule has 2 amide bonds. The van der Waals surface area contributed by atoms with Crippen molar-refractivity contribution in [3.05, 3.63) is 58.0 Å². The van der Waals surface area contributed by atoms with E-state index < -0.39 is 30.6 Å². The number of halogens is 1. The minimum absolute atomic E-state index is 0.203. The molecule has 1 saturated heterocycles. The van der Waals surface area contributed by atoms with E-state index in [-0.39, 0.29) is 18.1 Å². The predicted octanol–water partition coefficient (Wildman–Crippen LogP) is 1.91. The lowest BCUT2D eigenvalue weighted by molar-refractivity contribution is -0.150. The maximum Gasteiger partial charge on any atom is 0.329 e. The van der Waals surface area contributed by atoms with Crippen LogP contribution in [-0.4, -0.2) is 30.4 Å². The van der Waals surface area contributed by atoms with Crippen LogP contribution in [0.25, 0.3) is 0 Å². The van der Waals surface area contributed by atoms with Crippen molar-refractivity contribution < 1.29 is 23.5 Å². The molecule has 0 unspecified atom stereocenters. The standard InChI is InChI=1S/C18H17FN2O4S/c19-12-5-3-11(4-6-12)17(14-2-1-9-26-14)21-16(23)10-25-18(24)13-7-8-15(22)20-13/h1-6,9,13,17H,7-8,10H2,(H,20,22)(H,21,23)/t13-,17+/m0/s1. The van der Waals surface area contributed by atoms with E-state index in [0.717, 1.165) is 10.4 Å². The third-order valence-electron chi connectivity index (χ3n) is 3.96. The van der Waals surface area contributed by atoms with E-state index in [1.165, 1.54) is 23.5 Å². The summed E-state index contributed by atoms with van der Waals surface area (Å²) in [6.07, 6.45) is 0.643. The Bertz CT molecular complexity index is 792. The zero-order valence-corrected chi connectivity index (χ0v) is 14.6. The summed E-state index contributed by atoms with van der Waals surface area (Å²) in [5.74, 6) is -1.67. The van der Waals surface area contributed by atoms with Crippen LogP contribution in [0, 0.1) is 5.82 Å². The molecule has 0 saturated carbocycles. The number of amides is 2. The summed E-state index contributed by atoms with van der Waals surface area (Å²) in [4.78, 5) is 36.1. The maximum absolute atomic E-state index is 13.2. The summed E-state index contributed by atoms with van der Waals surface area (Å²) in [6, 6.07) is 8.40. The zero-order chi connectivity index (χ0) is 18.5. The fraction of sp³-hybridized carbons (Fsp3) is 0.278. The summed E-state index contributed by atoms with van der Waals surface area (Å²) in [5.41, 5.74) is 0.719. The largest absolute Gasteiger partial charge is 0.454 e. The molecule has 1 aromatic heterocycles. The van der Waals surface area contributed by atoms with Crippen molar-refractivity contribution in [2.24, 2.45) is 0 Å². The molecular formula is C18H17FN2O4S. The number of hydrogen-bond donors (Lipinski definition) is 2. The molecule has 26 heavy (non-hydrogen) atoms. The van der Waals surface area contributed by atoms with Crippen molar-refractivity contribution in [1.29, 1.82) is 0 Å². The molecule has 1 aliphatic heterocycles. The SMILES string of the molecule is O=C(COC(=O)[C@@H]1CCC(=O)N1)N[C@H](c1ccc(F)cc1)c1cccs1. The Balaban J connectivity index is 1.61. The third-order valence-corrected chi connectivity index (χ3v) is 4.90. The zero-order valence-electron chi connectivity index (χ0n) is 13.7. The molecule has 136 valence electrons. The highest BCUT2D eigenvalue weighted by Crippen LogP contribution is 2.26. The Hall–Kier alpha value is -2.74. The van der Waals surface area contributed by atoms with Crippen LogP contribution in [0.3, 0.4) is 0 Å². The number of thiophene rings is 1. The van der Waals surface area contributed by atoms with Crippen molar-refractivity contribution in [2.45, 2.75) is 24.9 Å². The maximum atomic E-state index is 13.2. The molecule has 2 aromatic rings. The van der Waals surface area contributed by atoms with Gasteiger partial charge in [-0.2, -0.15) is 0 Å². The van der Waals surface area contributed by atoms with Gasteiger partial charge in [-0.25, -0.2) is 9.18 Å². The lowest BCUT2D eigenvalue weighted by Gasteiger charge is -2.18. The predicted molar refractivity (Wildman–Crippen MR) is 92.8 cm³/mol. The second-order valence-electron chi connectivity index (χ2n) is 5.83. The van der Waals surface area contributed by atoms with Gasteiger partial charge in [0.25, 0.3) is 5.91 Å². The van der Waals surface area contributed by atoms with Crippen molar-refractivity contribution in [3.63, 3.8) is 0 Å². The first-order valence-corrected chi connectivity index (χ1v) is 8.95. The van der Waals surface area contributed by atoms with Crippen LogP contribution in [0.1, 0.15) is 29.3 Å². The number of hydrogen-bond acceptors (Lipinski definition) is 5. The van der Waals surface area contributed by atoms with Crippen LogP contribution in [-0.2, 0) is 19.1 Å². The Morgan fingerprint density at radius 2 is 2.08 bits per heavy atom. The van der Waals surface area contributed by atoms with Crippen molar-refractivity contribution in [1.82, 2.24) is 10.6 Å². The molecule has 2 atom stereocenters. The number of esters is 1. The molecule has 6 nitrogen and oxygen atoms in total. The lowest BCUT2D eigenvalue weighted by Crippen LogP contribution is -2.38. The van der Waals surface area contributed by atoms with Gasteiger partial charge < -0.3 is 15.4 Å². The van der Waals surface area contributed by atoms with E-state index in [2.05, 4.69) is 10.6 Å². The average molecular weight is 376 g/mol.